The summed E-state index contributed by atoms with van der Waals surface area (Å²) in [4.78, 5) is 24.7. The maximum Gasteiger partial charge on any atom is 0.253 e. The lowest BCUT2D eigenvalue weighted by molar-refractivity contribution is -0.117. The van der Waals surface area contributed by atoms with E-state index in [1.54, 1.807) is 31.2 Å². The van der Waals surface area contributed by atoms with Gasteiger partial charge in [-0.05, 0) is 43.3 Å². The first-order valence-electron chi connectivity index (χ1n) is 8.27. The maximum atomic E-state index is 12.4. The summed E-state index contributed by atoms with van der Waals surface area (Å²) in [5.41, 5.74) is 1.96. The Morgan fingerprint density at radius 3 is 2.58 bits per heavy atom. The van der Waals surface area contributed by atoms with Crippen LogP contribution in [0.3, 0.4) is 0 Å². The highest BCUT2D eigenvalue weighted by molar-refractivity contribution is 6.43. The Morgan fingerprint density at radius 2 is 1.85 bits per heavy atom. The van der Waals surface area contributed by atoms with E-state index in [9.17, 15) is 9.59 Å². The maximum absolute atomic E-state index is 12.4. The molecule has 0 aliphatic carbocycles. The molecule has 2 aromatic carbocycles. The van der Waals surface area contributed by atoms with Gasteiger partial charge in [0.05, 0.1) is 15.6 Å². The number of nitrogens with one attached hydrogen (secondary N) is 3. The van der Waals surface area contributed by atoms with Crippen LogP contribution in [0.4, 0.5) is 5.69 Å². The average Bonchev–Trinajstić information content (AvgIpc) is 2.62. The fraction of sp³-hybridized carbons (Fsp3) is 0.263. The summed E-state index contributed by atoms with van der Waals surface area (Å²) in [5, 5.41) is 9.10. The molecule has 0 bridgehead atoms. The van der Waals surface area contributed by atoms with Gasteiger partial charge in [0.1, 0.15) is 6.04 Å². The first-order chi connectivity index (χ1) is 12.4. The number of benzene rings is 2. The SMILES string of the molecule is CCNCc1cccc(NC(=O)C(C)NC(=O)c2cccc(Cl)c2Cl)c1. The van der Waals surface area contributed by atoms with Crippen molar-refractivity contribution in [1.82, 2.24) is 10.6 Å². The minimum atomic E-state index is -0.741. The molecule has 2 rings (SSSR count). The molecule has 0 heterocycles. The molecule has 0 fully saturated rings. The quantitative estimate of drug-likeness (QED) is 0.668. The number of rotatable bonds is 7. The predicted molar refractivity (Wildman–Crippen MR) is 106 cm³/mol. The van der Waals surface area contributed by atoms with Gasteiger partial charge in [-0.3, -0.25) is 9.59 Å². The zero-order chi connectivity index (χ0) is 19.1. The second kappa shape index (κ2) is 9.57. The molecule has 3 N–H and O–H groups in total. The minimum absolute atomic E-state index is 0.162. The van der Waals surface area contributed by atoms with Gasteiger partial charge in [-0.15, -0.1) is 0 Å². The van der Waals surface area contributed by atoms with Gasteiger partial charge in [-0.25, -0.2) is 0 Å². The number of halogens is 2. The topological polar surface area (TPSA) is 70.2 Å². The molecule has 1 unspecified atom stereocenters. The van der Waals surface area contributed by atoms with E-state index in [1.165, 1.54) is 0 Å². The molecule has 0 spiro atoms. The summed E-state index contributed by atoms with van der Waals surface area (Å²) < 4.78 is 0. The summed E-state index contributed by atoms with van der Waals surface area (Å²) in [5.74, 6) is -0.779. The van der Waals surface area contributed by atoms with Crippen LogP contribution in [-0.4, -0.2) is 24.4 Å². The van der Waals surface area contributed by atoms with E-state index >= 15 is 0 Å². The van der Waals surface area contributed by atoms with Crippen molar-refractivity contribution in [3.8, 4) is 0 Å². The Hall–Kier alpha value is -2.08. The third-order valence-electron chi connectivity index (χ3n) is 3.71. The largest absolute Gasteiger partial charge is 0.340 e. The third-order valence-corrected chi connectivity index (χ3v) is 4.53. The molecular weight excluding hydrogens is 373 g/mol. The van der Waals surface area contributed by atoms with Crippen LogP contribution in [0.2, 0.25) is 10.0 Å². The van der Waals surface area contributed by atoms with Gasteiger partial charge < -0.3 is 16.0 Å². The number of carbonyl (C=O) groups excluding carboxylic acids is 2. The van der Waals surface area contributed by atoms with Gasteiger partial charge in [0.15, 0.2) is 0 Å². The number of carbonyl (C=O) groups is 2. The van der Waals surface area contributed by atoms with E-state index in [2.05, 4.69) is 16.0 Å². The summed E-state index contributed by atoms with van der Waals surface area (Å²) in [6, 6.07) is 11.6. The van der Waals surface area contributed by atoms with Gasteiger partial charge in [-0.1, -0.05) is 48.3 Å². The molecule has 0 radical (unpaired) electrons. The molecule has 2 aromatic rings. The number of amides is 2. The zero-order valence-corrected chi connectivity index (χ0v) is 16.1. The molecule has 26 heavy (non-hydrogen) atoms. The molecule has 0 saturated heterocycles. The van der Waals surface area contributed by atoms with Crippen molar-refractivity contribution < 1.29 is 9.59 Å². The fourth-order valence-electron chi connectivity index (χ4n) is 2.30. The van der Waals surface area contributed by atoms with Crippen molar-refractivity contribution in [2.45, 2.75) is 26.4 Å². The Bertz CT molecular complexity index is 796. The second-order valence-electron chi connectivity index (χ2n) is 5.77. The van der Waals surface area contributed by atoms with Crippen LogP contribution >= 0.6 is 23.2 Å². The predicted octanol–water partition coefficient (Wildman–Crippen LogP) is 3.86. The smallest absolute Gasteiger partial charge is 0.253 e. The minimum Gasteiger partial charge on any atom is -0.340 e. The van der Waals surface area contributed by atoms with Crippen molar-refractivity contribution in [1.29, 1.82) is 0 Å². The average molecular weight is 394 g/mol. The highest BCUT2D eigenvalue weighted by Gasteiger charge is 2.19. The molecular formula is C19H21Cl2N3O2. The van der Waals surface area contributed by atoms with Gasteiger partial charge in [0.25, 0.3) is 5.91 Å². The normalized spacial score (nSPS) is 11.7. The highest BCUT2D eigenvalue weighted by atomic mass is 35.5. The zero-order valence-electron chi connectivity index (χ0n) is 14.6. The van der Waals surface area contributed by atoms with Crippen LogP contribution in [0.15, 0.2) is 42.5 Å². The number of hydrogen-bond acceptors (Lipinski definition) is 3. The van der Waals surface area contributed by atoms with Crippen LogP contribution in [0.25, 0.3) is 0 Å². The summed E-state index contributed by atoms with van der Waals surface area (Å²) in [6.07, 6.45) is 0. The summed E-state index contributed by atoms with van der Waals surface area (Å²) >= 11 is 12.0. The van der Waals surface area contributed by atoms with Crippen molar-refractivity contribution in [3.05, 3.63) is 63.6 Å². The van der Waals surface area contributed by atoms with Gasteiger partial charge in [0, 0.05) is 12.2 Å². The molecule has 7 heteroatoms. The molecule has 0 aliphatic heterocycles. The van der Waals surface area contributed by atoms with E-state index < -0.39 is 11.9 Å². The van der Waals surface area contributed by atoms with Crippen molar-refractivity contribution in [2.75, 3.05) is 11.9 Å². The Kier molecular flexibility index (Phi) is 7.45. The number of hydrogen-bond donors (Lipinski definition) is 3. The summed E-state index contributed by atoms with van der Waals surface area (Å²) in [6.45, 7) is 5.22. The molecule has 5 nitrogen and oxygen atoms in total. The van der Waals surface area contributed by atoms with E-state index in [-0.39, 0.29) is 21.5 Å². The van der Waals surface area contributed by atoms with Crippen LogP contribution in [0.1, 0.15) is 29.8 Å². The molecule has 0 aromatic heterocycles. The lowest BCUT2D eigenvalue weighted by atomic mass is 10.1. The third kappa shape index (κ3) is 5.46. The van der Waals surface area contributed by atoms with Crippen LogP contribution in [0.5, 0.6) is 0 Å². The van der Waals surface area contributed by atoms with Crippen LogP contribution in [0, 0.1) is 0 Å². The van der Waals surface area contributed by atoms with Crippen LogP contribution < -0.4 is 16.0 Å². The number of anilines is 1. The second-order valence-corrected chi connectivity index (χ2v) is 6.55. The molecule has 138 valence electrons. The lowest BCUT2D eigenvalue weighted by Crippen LogP contribution is -2.41. The first-order valence-corrected chi connectivity index (χ1v) is 9.03. The van der Waals surface area contributed by atoms with Crippen molar-refractivity contribution >= 4 is 40.7 Å². The molecule has 0 saturated carbocycles. The highest BCUT2D eigenvalue weighted by Crippen LogP contribution is 2.25. The first kappa shape index (κ1) is 20.2. The van der Waals surface area contributed by atoms with Crippen molar-refractivity contribution in [2.24, 2.45) is 0 Å². The van der Waals surface area contributed by atoms with E-state index in [0.717, 1.165) is 18.7 Å². The summed E-state index contributed by atoms with van der Waals surface area (Å²) in [7, 11) is 0. The monoisotopic (exact) mass is 393 g/mol. The Balaban J connectivity index is 1.99. The molecule has 0 aliphatic rings. The van der Waals surface area contributed by atoms with Crippen molar-refractivity contribution in [3.63, 3.8) is 0 Å². The Labute approximate surface area is 163 Å². The molecule has 1 atom stereocenters. The van der Waals surface area contributed by atoms with E-state index in [4.69, 9.17) is 23.2 Å². The standard InChI is InChI=1S/C19H21Cl2N3O2/c1-3-22-11-13-6-4-7-14(10-13)24-18(25)12(2)23-19(26)15-8-5-9-16(20)17(15)21/h4-10,12,22H,3,11H2,1-2H3,(H,23,26)(H,24,25). The van der Waals surface area contributed by atoms with Gasteiger partial charge in [0.2, 0.25) is 5.91 Å². The van der Waals surface area contributed by atoms with Crippen LogP contribution in [-0.2, 0) is 11.3 Å². The van der Waals surface area contributed by atoms with E-state index in [1.807, 2.05) is 25.1 Å². The lowest BCUT2D eigenvalue weighted by Gasteiger charge is -2.15. The fourth-order valence-corrected chi connectivity index (χ4v) is 2.68. The molecule has 2 amide bonds. The Morgan fingerprint density at radius 1 is 1.12 bits per heavy atom. The van der Waals surface area contributed by atoms with Gasteiger partial charge in [-0.2, -0.15) is 0 Å². The van der Waals surface area contributed by atoms with Gasteiger partial charge >= 0.3 is 0 Å². The van der Waals surface area contributed by atoms with E-state index in [0.29, 0.717) is 5.69 Å².